The maximum atomic E-state index is 11.8. The van der Waals surface area contributed by atoms with Crippen LogP contribution in [0.2, 0.25) is 0 Å². The number of hydrogen-bond donors (Lipinski definition) is 1. The summed E-state index contributed by atoms with van der Waals surface area (Å²) in [6.07, 6.45) is 2.97. The molecule has 1 N–H and O–H groups in total. The smallest absolute Gasteiger partial charge is 0.311 e. The van der Waals surface area contributed by atoms with Gasteiger partial charge < -0.3 is 5.11 Å². The SMILES string of the molecule is O=C(O)[C@@]12CCC[C@H]1CN(Cc1ccc(-c3ccccc3)cc1)C2. The molecule has 124 valence electrons. The number of fused-ring (bicyclic) bond motifs is 1. The molecule has 0 aromatic heterocycles. The Morgan fingerprint density at radius 3 is 2.46 bits per heavy atom. The number of hydrogen-bond acceptors (Lipinski definition) is 2. The molecule has 3 nitrogen and oxygen atoms in total. The number of aliphatic carboxylic acids is 1. The van der Waals surface area contributed by atoms with Crippen molar-refractivity contribution in [2.24, 2.45) is 11.3 Å². The zero-order valence-electron chi connectivity index (χ0n) is 13.8. The summed E-state index contributed by atoms with van der Waals surface area (Å²) in [6, 6.07) is 19.0. The summed E-state index contributed by atoms with van der Waals surface area (Å²) in [5, 5.41) is 9.69. The van der Waals surface area contributed by atoms with Gasteiger partial charge in [0.2, 0.25) is 0 Å². The Morgan fingerprint density at radius 2 is 1.79 bits per heavy atom. The van der Waals surface area contributed by atoms with Crippen LogP contribution in [-0.4, -0.2) is 29.1 Å². The van der Waals surface area contributed by atoms with Crippen molar-refractivity contribution in [3.8, 4) is 11.1 Å². The number of carboxylic acids is 1. The first-order valence-electron chi connectivity index (χ1n) is 8.77. The third kappa shape index (κ3) is 2.63. The molecule has 0 bridgehead atoms. The summed E-state index contributed by atoms with van der Waals surface area (Å²) in [4.78, 5) is 14.1. The molecule has 0 spiro atoms. The average molecular weight is 321 g/mol. The fourth-order valence-electron chi connectivity index (χ4n) is 4.55. The van der Waals surface area contributed by atoms with E-state index in [4.69, 9.17) is 0 Å². The molecule has 1 aliphatic carbocycles. The summed E-state index contributed by atoms with van der Waals surface area (Å²) in [5.74, 6) is -0.259. The maximum Gasteiger partial charge on any atom is 0.311 e. The zero-order chi connectivity index (χ0) is 16.6. The van der Waals surface area contributed by atoms with E-state index < -0.39 is 11.4 Å². The van der Waals surface area contributed by atoms with Gasteiger partial charge in [-0.05, 0) is 35.4 Å². The van der Waals surface area contributed by atoms with Crippen molar-refractivity contribution in [3.05, 3.63) is 60.2 Å². The monoisotopic (exact) mass is 321 g/mol. The third-order valence-electron chi connectivity index (χ3n) is 5.83. The van der Waals surface area contributed by atoms with Gasteiger partial charge in [-0.25, -0.2) is 0 Å². The van der Waals surface area contributed by atoms with Crippen LogP contribution in [0.3, 0.4) is 0 Å². The van der Waals surface area contributed by atoms with Gasteiger partial charge in [0.05, 0.1) is 5.41 Å². The molecule has 2 aromatic carbocycles. The second-order valence-electron chi connectivity index (χ2n) is 7.28. The summed E-state index contributed by atoms with van der Waals surface area (Å²) >= 11 is 0. The standard InChI is InChI=1S/C21H23NO2/c23-20(24)21-12-4-7-19(21)14-22(15-21)13-16-8-10-18(11-9-16)17-5-2-1-3-6-17/h1-3,5-6,8-11,19H,4,7,12-15H2,(H,23,24)/t19-,21+/m0/s1. The van der Waals surface area contributed by atoms with Crippen LogP contribution in [0.15, 0.2) is 54.6 Å². The van der Waals surface area contributed by atoms with Crippen LogP contribution < -0.4 is 0 Å². The quantitative estimate of drug-likeness (QED) is 0.924. The van der Waals surface area contributed by atoms with Gasteiger partial charge in [0.25, 0.3) is 0 Å². The van der Waals surface area contributed by atoms with Crippen molar-refractivity contribution in [1.29, 1.82) is 0 Å². The lowest BCUT2D eigenvalue weighted by Crippen LogP contribution is -2.35. The molecule has 0 amide bonds. The number of carboxylic acid groups (broad SMARTS) is 1. The molecule has 4 rings (SSSR count). The highest BCUT2D eigenvalue weighted by atomic mass is 16.4. The summed E-state index contributed by atoms with van der Waals surface area (Å²) < 4.78 is 0. The van der Waals surface area contributed by atoms with Crippen molar-refractivity contribution >= 4 is 5.97 Å². The van der Waals surface area contributed by atoms with Crippen LogP contribution in [0.5, 0.6) is 0 Å². The number of nitrogens with zero attached hydrogens (tertiary/aromatic N) is 1. The summed E-state index contributed by atoms with van der Waals surface area (Å²) in [6.45, 7) is 2.47. The largest absolute Gasteiger partial charge is 0.481 e. The van der Waals surface area contributed by atoms with Crippen LogP contribution in [0.4, 0.5) is 0 Å². The maximum absolute atomic E-state index is 11.8. The molecule has 3 heteroatoms. The molecule has 0 radical (unpaired) electrons. The predicted octanol–water partition coefficient (Wildman–Crippen LogP) is 4.04. The minimum Gasteiger partial charge on any atom is -0.481 e. The third-order valence-corrected chi connectivity index (χ3v) is 5.83. The van der Waals surface area contributed by atoms with Gasteiger partial charge in [-0.3, -0.25) is 9.69 Å². The van der Waals surface area contributed by atoms with Crippen LogP contribution >= 0.6 is 0 Å². The second-order valence-corrected chi connectivity index (χ2v) is 7.28. The normalized spacial score (nSPS) is 26.4. The van der Waals surface area contributed by atoms with E-state index in [1.54, 1.807) is 0 Å². The Hall–Kier alpha value is -2.13. The van der Waals surface area contributed by atoms with Gasteiger partial charge in [-0.1, -0.05) is 61.0 Å². The first-order valence-corrected chi connectivity index (χ1v) is 8.77. The van der Waals surface area contributed by atoms with Gasteiger partial charge in [-0.2, -0.15) is 0 Å². The Bertz CT molecular complexity index is 725. The highest BCUT2D eigenvalue weighted by Gasteiger charge is 2.54. The van der Waals surface area contributed by atoms with E-state index in [9.17, 15) is 9.90 Å². The van der Waals surface area contributed by atoms with Gasteiger partial charge in [0.1, 0.15) is 0 Å². The van der Waals surface area contributed by atoms with Crippen molar-refractivity contribution in [2.75, 3.05) is 13.1 Å². The zero-order valence-corrected chi connectivity index (χ0v) is 13.8. The fourth-order valence-corrected chi connectivity index (χ4v) is 4.55. The van der Waals surface area contributed by atoms with Crippen LogP contribution in [0.1, 0.15) is 24.8 Å². The van der Waals surface area contributed by atoms with Crippen LogP contribution in [0.25, 0.3) is 11.1 Å². The van der Waals surface area contributed by atoms with Gasteiger partial charge >= 0.3 is 5.97 Å². The molecule has 0 unspecified atom stereocenters. The first-order chi connectivity index (χ1) is 11.7. The van der Waals surface area contributed by atoms with Crippen LogP contribution in [0, 0.1) is 11.3 Å². The van der Waals surface area contributed by atoms with Crippen molar-refractivity contribution in [2.45, 2.75) is 25.8 Å². The molecule has 1 saturated carbocycles. The van der Waals surface area contributed by atoms with Crippen molar-refractivity contribution < 1.29 is 9.90 Å². The molecule has 1 heterocycles. The van der Waals surface area contributed by atoms with Crippen molar-refractivity contribution in [3.63, 3.8) is 0 Å². The van der Waals surface area contributed by atoms with E-state index in [0.717, 1.165) is 32.4 Å². The second kappa shape index (κ2) is 6.06. The Balaban J connectivity index is 1.46. The van der Waals surface area contributed by atoms with E-state index >= 15 is 0 Å². The first kappa shape index (κ1) is 15.4. The van der Waals surface area contributed by atoms with Gasteiger partial charge in [0.15, 0.2) is 0 Å². The molecular weight excluding hydrogens is 298 g/mol. The Morgan fingerprint density at radius 1 is 1.08 bits per heavy atom. The van der Waals surface area contributed by atoms with E-state index in [2.05, 4.69) is 53.4 Å². The lowest BCUT2D eigenvalue weighted by Gasteiger charge is -2.23. The molecule has 1 saturated heterocycles. The topological polar surface area (TPSA) is 40.5 Å². The molecule has 2 aliphatic rings. The Kier molecular flexibility index (Phi) is 3.89. The van der Waals surface area contributed by atoms with E-state index in [-0.39, 0.29) is 0 Å². The fraction of sp³-hybridized carbons (Fsp3) is 0.381. The van der Waals surface area contributed by atoms with Crippen LogP contribution in [-0.2, 0) is 11.3 Å². The lowest BCUT2D eigenvalue weighted by atomic mass is 9.81. The number of carbonyl (C=O) groups is 1. The summed E-state index contributed by atoms with van der Waals surface area (Å²) in [5.41, 5.74) is 3.23. The molecule has 2 aromatic rings. The molecule has 1 aliphatic heterocycles. The van der Waals surface area contributed by atoms with E-state index in [1.165, 1.54) is 16.7 Å². The minimum absolute atomic E-state index is 0.332. The molecule has 24 heavy (non-hydrogen) atoms. The number of rotatable bonds is 4. The lowest BCUT2D eigenvalue weighted by molar-refractivity contribution is -0.149. The molecular formula is C21H23NO2. The summed E-state index contributed by atoms with van der Waals surface area (Å²) in [7, 11) is 0. The predicted molar refractivity (Wildman–Crippen MR) is 94.6 cm³/mol. The van der Waals surface area contributed by atoms with E-state index in [1.807, 2.05) is 6.07 Å². The van der Waals surface area contributed by atoms with Gasteiger partial charge in [-0.15, -0.1) is 0 Å². The molecule has 2 atom stereocenters. The van der Waals surface area contributed by atoms with E-state index in [0.29, 0.717) is 12.5 Å². The number of benzene rings is 2. The Labute approximate surface area is 142 Å². The average Bonchev–Trinajstić information content (AvgIpc) is 3.14. The highest BCUT2D eigenvalue weighted by Crippen LogP contribution is 2.49. The molecule has 2 fully saturated rings. The highest BCUT2D eigenvalue weighted by molar-refractivity contribution is 5.76. The minimum atomic E-state index is -0.591. The van der Waals surface area contributed by atoms with Crippen molar-refractivity contribution in [1.82, 2.24) is 4.90 Å². The van der Waals surface area contributed by atoms with Gasteiger partial charge in [0, 0.05) is 19.6 Å². The number of likely N-dealkylation sites (tertiary alicyclic amines) is 1.